The van der Waals surface area contributed by atoms with Crippen molar-refractivity contribution in [2.24, 2.45) is 0 Å². The van der Waals surface area contributed by atoms with Gasteiger partial charge in [-0.2, -0.15) is 5.10 Å². The van der Waals surface area contributed by atoms with E-state index in [1.54, 1.807) is 7.11 Å². The minimum Gasteiger partial charge on any atom is -0.497 e. The first kappa shape index (κ1) is 17.5. The second-order valence-electron chi connectivity index (χ2n) is 6.42. The first-order valence-corrected chi connectivity index (χ1v) is 8.69. The summed E-state index contributed by atoms with van der Waals surface area (Å²) < 4.78 is 10.8. The fourth-order valence-corrected chi connectivity index (χ4v) is 3.21. The Balaban J connectivity index is 1.55. The van der Waals surface area contributed by atoms with Crippen molar-refractivity contribution in [3.63, 3.8) is 0 Å². The molecule has 0 radical (unpaired) electrons. The van der Waals surface area contributed by atoms with E-state index >= 15 is 0 Å². The van der Waals surface area contributed by atoms with Crippen molar-refractivity contribution in [1.82, 2.24) is 15.1 Å². The van der Waals surface area contributed by atoms with E-state index in [2.05, 4.69) is 10.2 Å². The van der Waals surface area contributed by atoms with Crippen LogP contribution in [0.15, 0.2) is 30.3 Å². The number of aromatic amines is 1. The predicted molar refractivity (Wildman–Crippen MR) is 94.3 cm³/mol. The molecular formula is C19H25N3O3. The topological polar surface area (TPSA) is 67.5 Å². The van der Waals surface area contributed by atoms with E-state index in [9.17, 15) is 4.79 Å². The van der Waals surface area contributed by atoms with Gasteiger partial charge in [-0.3, -0.25) is 9.89 Å². The number of carbonyl (C=O) groups excluding carboxylic acids is 1. The van der Waals surface area contributed by atoms with Crippen LogP contribution in [-0.4, -0.2) is 41.3 Å². The number of aryl methyl sites for hydroxylation is 1. The average Bonchev–Trinajstić information content (AvgIpc) is 3.08. The fraction of sp³-hybridized carbons (Fsp3) is 0.474. The van der Waals surface area contributed by atoms with Crippen LogP contribution in [0.5, 0.6) is 5.75 Å². The minimum atomic E-state index is 0.0267. The van der Waals surface area contributed by atoms with E-state index in [-0.39, 0.29) is 18.6 Å². The van der Waals surface area contributed by atoms with Crippen LogP contribution in [-0.2, 0) is 16.1 Å². The monoisotopic (exact) mass is 343 g/mol. The number of ether oxygens (including phenoxy) is 2. The van der Waals surface area contributed by atoms with Crippen molar-refractivity contribution >= 4 is 5.91 Å². The van der Waals surface area contributed by atoms with Crippen LogP contribution in [0.25, 0.3) is 0 Å². The van der Waals surface area contributed by atoms with Crippen molar-refractivity contribution in [2.75, 3.05) is 20.3 Å². The Bertz CT molecular complexity index is 696. The second-order valence-corrected chi connectivity index (χ2v) is 6.42. The summed E-state index contributed by atoms with van der Waals surface area (Å²) in [6, 6.07) is 9.74. The molecule has 1 aromatic carbocycles. The number of amides is 1. The molecule has 1 aromatic heterocycles. The molecule has 3 rings (SSSR count). The number of nitrogens with zero attached hydrogens (tertiary/aromatic N) is 2. The molecular weight excluding hydrogens is 318 g/mol. The molecule has 0 spiro atoms. The number of aromatic nitrogens is 2. The lowest BCUT2D eigenvalue weighted by Gasteiger charge is -2.34. The number of methoxy groups -OCH3 is 1. The summed E-state index contributed by atoms with van der Waals surface area (Å²) in [4.78, 5) is 14.5. The number of hydrogen-bond donors (Lipinski definition) is 1. The Morgan fingerprint density at radius 3 is 2.80 bits per heavy atom. The molecule has 1 amide bonds. The molecule has 1 aliphatic rings. The molecule has 25 heavy (non-hydrogen) atoms. The van der Waals surface area contributed by atoms with Gasteiger partial charge in [-0.25, -0.2) is 0 Å². The summed E-state index contributed by atoms with van der Waals surface area (Å²) in [6.45, 7) is 3.24. The molecule has 6 heteroatoms. The lowest BCUT2D eigenvalue weighted by Crippen LogP contribution is -2.40. The summed E-state index contributed by atoms with van der Waals surface area (Å²) in [6.07, 6.45) is 3.10. The molecule has 0 aliphatic carbocycles. The average molecular weight is 343 g/mol. The number of benzene rings is 1. The highest BCUT2D eigenvalue weighted by molar-refractivity contribution is 5.78. The van der Waals surface area contributed by atoms with Crippen LogP contribution in [0, 0.1) is 6.92 Å². The number of carbonyl (C=O) groups is 1. The maximum absolute atomic E-state index is 12.6. The van der Waals surface area contributed by atoms with Gasteiger partial charge in [0.2, 0.25) is 5.91 Å². The molecule has 1 atom stereocenters. The quantitative estimate of drug-likeness (QED) is 0.875. The van der Waals surface area contributed by atoms with E-state index in [0.29, 0.717) is 6.61 Å². The first-order chi connectivity index (χ1) is 12.2. The second kappa shape index (κ2) is 8.16. The summed E-state index contributed by atoms with van der Waals surface area (Å²) in [5.74, 6) is 0.837. The largest absolute Gasteiger partial charge is 0.497 e. The zero-order chi connectivity index (χ0) is 17.6. The van der Waals surface area contributed by atoms with E-state index in [1.165, 1.54) is 0 Å². The maximum Gasteiger partial charge on any atom is 0.249 e. The molecule has 6 nitrogen and oxygen atoms in total. The van der Waals surface area contributed by atoms with E-state index in [0.717, 1.165) is 48.5 Å². The zero-order valence-electron chi connectivity index (χ0n) is 14.8. The molecule has 134 valence electrons. The molecule has 1 N–H and O–H groups in total. The third kappa shape index (κ3) is 4.39. The molecule has 2 aromatic rings. The van der Waals surface area contributed by atoms with E-state index < -0.39 is 0 Å². The van der Waals surface area contributed by atoms with Gasteiger partial charge in [-0.15, -0.1) is 0 Å². The van der Waals surface area contributed by atoms with Crippen molar-refractivity contribution in [1.29, 1.82) is 0 Å². The number of H-pyrrole nitrogens is 1. The smallest absolute Gasteiger partial charge is 0.249 e. The van der Waals surface area contributed by atoms with Gasteiger partial charge in [-0.1, -0.05) is 12.1 Å². The van der Waals surface area contributed by atoms with Crippen molar-refractivity contribution in [2.45, 2.75) is 38.8 Å². The third-order valence-electron chi connectivity index (χ3n) is 4.54. The fourth-order valence-electron chi connectivity index (χ4n) is 3.21. The molecule has 0 saturated carbocycles. The lowest BCUT2D eigenvalue weighted by molar-refractivity contribution is -0.140. The number of piperidine rings is 1. The molecule has 1 aliphatic heterocycles. The SMILES string of the molecule is COc1ccc(COCC(=O)N2CCCCC2c2cc(C)[nH]n2)cc1. The van der Waals surface area contributed by atoms with E-state index in [1.807, 2.05) is 42.2 Å². The highest BCUT2D eigenvalue weighted by Gasteiger charge is 2.29. The summed E-state index contributed by atoms with van der Waals surface area (Å²) >= 11 is 0. The van der Waals surface area contributed by atoms with Gasteiger partial charge < -0.3 is 14.4 Å². The van der Waals surface area contributed by atoms with Crippen LogP contribution >= 0.6 is 0 Å². The molecule has 0 bridgehead atoms. The predicted octanol–water partition coefficient (Wildman–Crippen LogP) is 3.00. The zero-order valence-corrected chi connectivity index (χ0v) is 14.8. The van der Waals surface area contributed by atoms with Crippen molar-refractivity contribution in [3.05, 3.63) is 47.3 Å². The van der Waals surface area contributed by atoms with Crippen molar-refractivity contribution < 1.29 is 14.3 Å². The minimum absolute atomic E-state index is 0.0267. The summed E-state index contributed by atoms with van der Waals surface area (Å²) in [5, 5.41) is 7.31. The Kier molecular flexibility index (Phi) is 5.71. The molecule has 1 unspecified atom stereocenters. The standard InChI is InChI=1S/C19H25N3O3/c1-14-11-17(21-20-14)18-5-3-4-10-22(18)19(23)13-25-12-15-6-8-16(24-2)9-7-15/h6-9,11,18H,3-5,10,12-13H2,1-2H3,(H,20,21). The van der Waals surface area contributed by atoms with Crippen LogP contribution in [0.4, 0.5) is 0 Å². The van der Waals surface area contributed by atoms with Crippen LogP contribution in [0.1, 0.15) is 42.3 Å². The number of hydrogen-bond acceptors (Lipinski definition) is 4. The Hall–Kier alpha value is -2.34. The Morgan fingerprint density at radius 2 is 2.12 bits per heavy atom. The summed E-state index contributed by atoms with van der Waals surface area (Å²) in [7, 11) is 1.64. The molecule has 1 fully saturated rings. The Labute approximate surface area is 148 Å². The number of likely N-dealkylation sites (tertiary alicyclic amines) is 1. The highest BCUT2D eigenvalue weighted by Crippen LogP contribution is 2.30. The maximum atomic E-state index is 12.6. The van der Waals surface area contributed by atoms with Gasteiger partial charge in [0, 0.05) is 12.2 Å². The first-order valence-electron chi connectivity index (χ1n) is 8.69. The number of rotatable bonds is 6. The van der Waals surface area contributed by atoms with Gasteiger partial charge in [0.1, 0.15) is 12.4 Å². The van der Waals surface area contributed by atoms with Gasteiger partial charge in [0.25, 0.3) is 0 Å². The van der Waals surface area contributed by atoms with Crippen molar-refractivity contribution in [3.8, 4) is 5.75 Å². The third-order valence-corrected chi connectivity index (χ3v) is 4.54. The van der Waals surface area contributed by atoms with E-state index in [4.69, 9.17) is 9.47 Å². The van der Waals surface area contributed by atoms with Gasteiger partial charge >= 0.3 is 0 Å². The normalized spacial score (nSPS) is 17.5. The lowest BCUT2D eigenvalue weighted by atomic mass is 9.99. The summed E-state index contributed by atoms with van der Waals surface area (Å²) in [5.41, 5.74) is 2.98. The van der Waals surface area contributed by atoms with Crippen LogP contribution < -0.4 is 4.74 Å². The van der Waals surface area contributed by atoms with Crippen LogP contribution in [0.2, 0.25) is 0 Å². The number of nitrogens with one attached hydrogen (secondary N) is 1. The Morgan fingerprint density at radius 1 is 1.32 bits per heavy atom. The van der Waals surface area contributed by atoms with Gasteiger partial charge in [-0.05, 0) is 49.9 Å². The van der Waals surface area contributed by atoms with Gasteiger partial charge in [0.15, 0.2) is 0 Å². The highest BCUT2D eigenvalue weighted by atomic mass is 16.5. The van der Waals surface area contributed by atoms with Gasteiger partial charge in [0.05, 0.1) is 25.5 Å². The molecule has 1 saturated heterocycles. The van der Waals surface area contributed by atoms with Crippen LogP contribution in [0.3, 0.4) is 0 Å². The molecule has 2 heterocycles.